The summed E-state index contributed by atoms with van der Waals surface area (Å²) in [6.07, 6.45) is 2.76. The second-order valence-corrected chi connectivity index (χ2v) is 5.45. The topological polar surface area (TPSA) is 104 Å². The summed E-state index contributed by atoms with van der Waals surface area (Å²) in [6, 6.07) is -0.864. The first-order chi connectivity index (χ1) is 9.85. The molecule has 0 saturated carbocycles. The molecule has 0 radical (unpaired) electrons. The summed E-state index contributed by atoms with van der Waals surface area (Å²) in [6.45, 7) is 6.45. The Morgan fingerprint density at radius 2 is 2.10 bits per heavy atom. The van der Waals surface area contributed by atoms with E-state index in [-0.39, 0.29) is 6.54 Å². The molecule has 0 saturated heterocycles. The van der Waals surface area contributed by atoms with E-state index in [1.54, 1.807) is 6.92 Å². The van der Waals surface area contributed by atoms with Gasteiger partial charge in [0.15, 0.2) is 0 Å². The predicted octanol–water partition coefficient (Wildman–Crippen LogP) is 0.188. The van der Waals surface area contributed by atoms with Crippen molar-refractivity contribution in [3.8, 4) is 0 Å². The number of carbonyl (C=O) groups is 1. The number of rotatable bonds is 8. The number of aromatic nitrogens is 2. The van der Waals surface area contributed by atoms with Gasteiger partial charge in [-0.3, -0.25) is 19.1 Å². The molecule has 1 aromatic rings. The lowest BCUT2D eigenvalue weighted by Gasteiger charge is -2.16. The monoisotopic (exact) mass is 297 g/mol. The van der Waals surface area contributed by atoms with E-state index in [0.717, 1.165) is 6.42 Å². The van der Waals surface area contributed by atoms with E-state index in [1.165, 1.54) is 10.8 Å². The van der Waals surface area contributed by atoms with Gasteiger partial charge < -0.3 is 10.4 Å². The van der Waals surface area contributed by atoms with Gasteiger partial charge in [-0.2, -0.15) is 0 Å². The highest BCUT2D eigenvalue weighted by atomic mass is 16.4. The van der Waals surface area contributed by atoms with Crippen LogP contribution >= 0.6 is 0 Å². The fourth-order valence-electron chi connectivity index (χ4n) is 1.91. The van der Waals surface area contributed by atoms with Crippen molar-refractivity contribution >= 4 is 5.97 Å². The molecular formula is C14H23N3O4. The van der Waals surface area contributed by atoms with Crippen molar-refractivity contribution in [2.45, 2.75) is 46.2 Å². The van der Waals surface area contributed by atoms with Gasteiger partial charge in [0.1, 0.15) is 6.04 Å². The minimum atomic E-state index is -1.02. The SMILES string of the molecule is CCc1cn(CC(NCCC(C)C)C(=O)O)c(=O)[nH]c1=O. The maximum atomic E-state index is 11.7. The molecule has 21 heavy (non-hydrogen) atoms. The Labute approximate surface area is 123 Å². The number of nitrogens with zero attached hydrogens (tertiary/aromatic N) is 1. The van der Waals surface area contributed by atoms with Crippen LogP contribution in [0.2, 0.25) is 0 Å². The van der Waals surface area contributed by atoms with E-state index in [0.29, 0.717) is 24.4 Å². The van der Waals surface area contributed by atoms with Crippen LogP contribution in [0.5, 0.6) is 0 Å². The molecule has 0 spiro atoms. The first kappa shape index (κ1) is 17.2. The molecule has 7 heteroatoms. The van der Waals surface area contributed by atoms with Crippen LogP contribution in [0.4, 0.5) is 0 Å². The third kappa shape index (κ3) is 5.18. The molecule has 1 unspecified atom stereocenters. The summed E-state index contributed by atoms with van der Waals surface area (Å²) in [4.78, 5) is 36.7. The molecule has 1 heterocycles. The quantitative estimate of drug-likeness (QED) is 0.635. The third-order valence-corrected chi connectivity index (χ3v) is 3.26. The van der Waals surface area contributed by atoms with Crippen molar-refractivity contribution in [2.75, 3.05) is 6.54 Å². The number of aromatic amines is 1. The summed E-state index contributed by atoms with van der Waals surface area (Å²) >= 11 is 0. The van der Waals surface area contributed by atoms with Gasteiger partial charge >= 0.3 is 11.7 Å². The molecular weight excluding hydrogens is 274 g/mol. The van der Waals surface area contributed by atoms with E-state index < -0.39 is 23.3 Å². The molecule has 0 bridgehead atoms. The lowest BCUT2D eigenvalue weighted by atomic mass is 10.1. The summed E-state index contributed by atoms with van der Waals surface area (Å²) < 4.78 is 1.24. The summed E-state index contributed by atoms with van der Waals surface area (Å²) in [5.41, 5.74) is -0.548. The average Bonchev–Trinajstić information content (AvgIpc) is 2.39. The maximum absolute atomic E-state index is 11.7. The fourth-order valence-corrected chi connectivity index (χ4v) is 1.91. The minimum Gasteiger partial charge on any atom is -0.480 e. The molecule has 1 aromatic heterocycles. The Bertz CT molecular complexity index is 589. The number of carboxylic acid groups (broad SMARTS) is 1. The number of nitrogens with one attached hydrogen (secondary N) is 2. The number of carboxylic acids is 1. The largest absolute Gasteiger partial charge is 0.480 e. The van der Waals surface area contributed by atoms with E-state index in [4.69, 9.17) is 0 Å². The summed E-state index contributed by atoms with van der Waals surface area (Å²) in [5.74, 6) is -0.552. The van der Waals surface area contributed by atoms with Gasteiger partial charge in [0.05, 0.1) is 6.54 Å². The van der Waals surface area contributed by atoms with Gasteiger partial charge in [0.25, 0.3) is 5.56 Å². The second-order valence-electron chi connectivity index (χ2n) is 5.45. The minimum absolute atomic E-state index is 0.0178. The molecule has 7 nitrogen and oxygen atoms in total. The highest BCUT2D eigenvalue weighted by Crippen LogP contribution is 1.99. The van der Waals surface area contributed by atoms with Crippen LogP contribution in [0.3, 0.4) is 0 Å². The van der Waals surface area contributed by atoms with E-state index in [1.807, 2.05) is 0 Å². The molecule has 3 N–H and O–H groups in total. The van der Waals surface area contributed by atoms with Crippen LogP contribution in [-0.2, 0) is 17.8 Å². The normalized spacial score (nSPS) is 12.6. The van der Waals surface area contributed by atoms with Gasteiger partial charge in [-0.1, -0.05) is 20.8 Å². The number of aliphatic carboxylic acids is 1. The lowest BCUT2D eigenvalue weighted by Crippen LogP contribution is -2.44. The number of hydrogen-bond acceptors (Lipinski definition) is 4. The van der Waals surface area contributed by atoms with Crippen LogP contribution in [-0.4, -0.2) is 33.2 Å². The zero-order valence-corrected chi connectivity index (χ0v) is 12.7. The second kappa shape index (κ2) is 7.78. The molecule has 1 rings (SSSR count). The highest BCUT2D eigenvalue weighted by molar-refractivity contribution is 5.73. The van der Waals surface area contributed by atoms with E-state index in [2.05, 4.69) is 24.1 Å². The molecule has 1 atom stereocenters. The summed E-state index contributed by atoms with van der Waals surface area (Å²) in [5, 5.41) is 12.1. The number of H-pyrrole nitrogens is 1. The molecule has 0 aliphatic carbocycles. The lowest BCUT2D eigenvalue weighted by molar-refractivity contribution is -0.139. The molecule has 0 aliphatic heterocycles. The van der Waals surface area contributed by atoms with Gasteiger partial charge in [-0.25, -0.2) is 4.79 Å². The van der Waals surface area contributed by atoms with Gasteiger partial charge in [0.2, 0.25) is 0 Å². The Kier molecular flexibility index (Phi) is 6.36. The molecule has 0 aliphatic rings. The van der Waals surface area contributed by atoms with Crippen LogP contribution in [0, 0.1) is 5.92 Å². The molecule has 0 aromatic carbocycles. The van der Waals surface area contributed by atoms with Crippen molar-refractivity contribution < 1.29 is 9.90 Å². The molecule has 0 fully saturated rings. The van der Waals surface area contributed by atoms with Crippen molar-refractivity contribution in [1.29, 1.82) is 0 Å². The average molecular weight is 297 g/mol. The Morgan fingerprint density at radius 1 is 1.43 bits per heavy atom. The van der Waals surface area contributed by atoms with Gasteiger partial charge in [-0.15, -0.1) is 0 Å². The Balaban J connectivity index is 2.86. The van der Waals surface area contributed by atoms with E-state index in [9.17, 15) is 19.5 Å². The van der Waals surface area contributed by atoms with Crippen molar-refractivity contribution in [3.05, 3.63) is 32.6 Å². The summed E-state index contributed by atoms with van der Waals surface area (Å²) in [7, 11) is 0. The van der Waals surface area contributed by atoms with Gasteiger partial charge in [0, 0.05) is 11.8 Å². The molecule has 0 amide bonds. The van der Waals surface area contributed by atoms with Crippen LogP contribution in [0.1, 0.15) is 32.8 Å². The maximum Gasteiger partial charge on any atom is 0.328 e. The molecule has 118 valence electrons. The smallest absolute Gasteiger partial charge is 0.328 e. The fraction of sp³-hybridized carbons (Fsp3) is 0.643. The Morgan fingerprint density at radius 3 is 2.62 bits per heavy atom. The van der Waals surface area contributed by atoms with Crippen LogP contribution in [0.25, 0.3) is 0 Å². The van der Waals surface area contributed by atoms with Crippen molar-refractivity contribution in [3.63, 3.8) is 0 Å². The van der Waals surface area contributed by atoms with E-state index >= 15 is 0 Å². The van der Waals surface area contributed by atoms with Gasteiger partial charge in [-0.05, 0) is 25.3 Å². The first-order valence-electron chi connectivity index (χ1n) is 7.14. The first-order valence-corrected chi connectivity index (χ1v) is 7.14. The van der Waals surface area contributed by atoms with Crippen molar-refractivity contribution in [1.82, 2.24) is 14.9 Å². The predicted molar refractivity (Wildman–Crippen MR) is 79.6 cm³/mol. The Hall–Kier alpha value is -1.89. The zero-order chi connectivity index (χ0) is 16.0. The number of aryl methyl sites for hydroxylation is 1. The van der Waals surface area contributed by atoms with Crippen LogP contribution < -0.4 is 16.6 Å². The van der Waals surface area contributed by atoms with Crippen LogP contribution in [0.15, 0.2) is 15.8 Å². The third-order valence-electron chi connectivity index (χ3n) is 3.26. The standard InChI is InChI=1S/C14H23N3O4/c1-4-10-7-17(14(21)16-12(10)18)8-11(13(19)20)15-6-5-9(2)3/h7,9,11,15H,4-6,8H2,1-3H3,(H,19,20)(H,16,18,21). The van der Waals surface area contributed by atoms with Crippen molar-refractivity contribution in [2.24, 2.45) is 5.92 Å². The zero-order valence-electron chi connectivity index (χ0n) is 12.7. The highest BCUT2D eigenvalue weighted by Gasteiger charge is 2.18. The number of hydrogen-bond donors (Lipinski definition) is 3.